The highest BCUT2D eigenvalue weighted by Crippen LogP contribution is 2.25. The number of ether oxygens (including phenoxy) is 1. The zero-order chi connectivity index (χ0) is 17.7. The van der Waals surface area contributed by atoms with E-state index in [0.717, 1.165) is 12.0 Å². The van der Waals surface area contributed by atoms with Gasteiger partial charge in [-0.3, -0.25) is 4.79 Å². The molecule has 1 fully saturated rings. The largest absolute Gasteiger partial charge is 0.444 e. The van der Waals surface area contributed by atoms with Crippen molar-refractivity contribution < 1.29 is 14.3 Å². The molecular formula is C16H21N5O3. The van der Waals surface area contributed by atoms with Crippen LogP contribution in [0.5, 0.6) is 0 Å². The predicted molar refractivity (Wildman–Crippen MR) is 90.7 cm³/mol. The first-order chi connectivity index (χ1) is 11.3. The van der Waals surface area contributed by atoms with Gasteiger partial charge in [0.2, 0.25) is 0 Å². The van der Waals surface area contributed by atoms with Crippen molar-refractivity contribution in [3.8, 4) is 0 Å². The highest BCUT2D eigenvalue weighted by molar-refractivity contribution is 5.80. The third-order valence-corrected chi connectivity index (χ3v) is 3.52. The van der Waals surface area contributed by atoms with Gasteiger partial charge in [-0.2, -0.15) is 0 Å². The number of aldehydes is 1. The minimum absolute atomic E-state index is 0.321. The molecule has 0 aromatic heterocycles. The highest BCUT2D eigenvalue weighted by Gasteiger charge is 2.26. The van der Waals surface area contributed by atoms with Gasteiger partial charge in [0.15, 0.2) is 0 Å². The van der Waals surface area contributed by atoms with Gasteiger partial charge in [-0.25, -0.2) is 4.79 Å². The molecule has 2 rings (SSSR count). The van der Waals surface area contributed by atoms with E-state index in [1.54, 1.807) is 17.0 Å². The maximum absolute atomic E-state index is 12.1. The number of amides is 1. The fourth-order valence-electron chi connectivity index (χ4n) is 2.45. The first kappa shape index (κ1) is 17.6. The quantitative estimate of drug-likeness (QED) is 0.366. The van der Waals surface area contributed by atoms with Crippen molar-refractivity contribution >= 4 is 23.8 Å². The first-order valence-corrected chi connectivity index (χ1v) is 7.70. The van der Waals surface area contributed by atoms with Gasteiger partial charge in [-0.15, -0.1) is 0 Å². The highest BCUT2D eigenvalue weighted by atomic mass is 16.6. The van der Waals surface area contributed by atoms with Crippen LogP contribution in [-0.4, -0.2) is 49.1 Å². The lowest BCUT2D eigenvalue weighted by molar-refractivity contribution is 0.0240. The molecule has 0 spiro atoms. The molecule has 1 aromatic rings. The number of hydrogen-bond donors (Lipinski definition) is 0. The Balaban J connectivity index is 2.07. The van der Waals surface area contributed by atoms with Gasteiger partial charge in [-0.1, -0.05) is 5.11 Å². The Bertz CT molecular complexity index is 669. The van der Waals surface area contributed by atoms with E-state index < -0.39 is 5.60 Å². The van der Waals surface area contributed by atoms with Crippen molar-refractivity contribution in [2.75, 3.05) is 31.1 Å². The van der Waals surface area contributed by atoms with Gasteiger partial charge >= 0.3 is 6.09 Å². The molecule has 0 saturated carbocycles. The Morgan fingerprint density at radius 3 is 2.46 bits per heavy atom. The second kappa shape index (κ2) is 7.23. The average molecular weight is 331 g/mol. The Morgan fingerprint density at radius 1 is 1.25 bits per heavy atom. The zero-order valence-corrected chi connectivity index (χ0v) is 14.1. The number of hydrogen-bond acceptors (Lipinski definition) is 5. The summed E-state index contributed by atoms with van der Waals surface area (Å²) in [6.45, 7) is 7.78. The summed E-state index contributed by atoms with van der Waals surface area (Å²) in [6, 6.07) is 5.01. The third-order valence-electron chi connectivity index (χ3n) is 3.52. The summed E-state index contributed by atoms with van der Waals surface area (Å²) < 4.78 is 5.37. The number of benzene rings is 1. The molecule has 24 heavy (non-hydrogen) atoms. The van der Waals surface area contributed by atoms with Gasteiger partial charge in [0.25, 0.3) is 0 Å². The molecule has 128 valence electrons. The van der Waals surface area contributed by atoms with Crippen LogP contribution in [0.3, 0.4) is 0 Å². The SMILES string of the molecule is CC(C)(C)OC(=O)N1CCN(c2cc(C=O)cc(N=[N+]=[N-])c2)CC1. The summed E-state index contributed by atoms with van der Waals surface area (Å²) >= 11 is 0. The first-order valence-electron chi connectivity index (χ1n) is 7.70. The van der Waals surface area contributed by atoms with Crippen LogP contribution >= 0.6 is 0 Å². The molecule has 1 aromatic carbocycles. The van der Waals surface area contributed by atoms with Crippen molar-refractivity contribution in [1.82, 2.24) is 4.90 Å². The number of azide groups is 1. The lowest BCUT2D eigenvalue weighted by Crippen LogP contribution is -2.50. The van der Waals surface area contributed by atoms with Crippen LogP contribution in [0.4, 0.5) is 16.2 Å². The van der Waals surface area contributed by atoms with Crippen molar-refractivity contribution in [3.05, 3.63) is 34.2 Å². The molecule has 0 bridgehead atoms. The summed E-state index contributed by atoms with van der Waals surface area (Å²) in [5.41, 5.74) is 9.70. The van der Waals surface area contributed by atoms with Gasteiger partial charge in [0.05, 0.1) is 0 Å². The number of carbonyl (C=O) groups is 2. The van der Waals surface area contributed by atoms with Gasteiger partial charge in [0, 0.05) is 48.0 Å². The Hall–Kier alpha value is -2.73. The average Bonchev–Trinajstić information content (AvgIpc) is 2.53. The van der Waals surface area contributed by atoms with Gasteiger partial charge in [0.1, 0.15) is 11.9 Å². The molecule has 0 radical (unpaired) electrons. The second-order valence-corrected chi connectivity index (χ2v) is 6.54. The number of rotatable bonds is 3. The fourth-order valence-corrected chi connectivity index (χ4v) is 2.45. The summed E-state index contributed by atoms with van der Waals surface area (Å²) in [4.78, 5) is 29.6. The Labute approximate surface area is 140 Å². The summed E-state index contributed by atoms with van der Waals surface area (Å²) in [6.07, 6.45) is 0.398. The number of carbonyl (C=O) groups excluding carboxylic acids is 2. The van der Waals surface area contributed by atoms with Crippen LogP contribution in [-0.2, 0) is 4.74 Å². The normalized spacial score (nSPS) is 14.8. The molecular weight excluding hydrogens is 310 g/mol. The lowest BCUT2D eigenvalue weighted by Gasteiger charge is -2.37. The zero-order valence-electron chi connectivity index (χ0n) is 14.1. The van der Waals surface area contributed by atoms with Crippen LogP contribution in [0.15, 0.2) is 23.3 Å². The molecule has 0 N–H and O–H groups in total. The molecule has 1 saturated heterocycles. The molecule has 1 aliphatic heterocycles. The third kappa shape index (κ3) is 4.63. The molecule has 0 unspecified atom stereocenters. The maximum atomic E-state index is 12.1. The van der Waals surface area contributed by atoms with E-state index in [1.807, 2.05) is 25.7 Å². The predicted octanol–water partition coefficient (Wildman–Crippen LogP) is 3.50. The van der Waals surface area contributed by atoms with E-state index >= 15 is 0 Å². The van der Waals surface area contributed by atoms with Crippen LogP contribution in [0.25, 0.3) is 10.4 Å². The van der Waals surface area contributed by atoms with Crippen LogP contribution in [0, 0.1) is 0 Å². The lowest BCUT2D eigenvalue weighted by atomic mass is 10.1. The van der Waals surface area contributed by atoms with Crippen molar-refractivity contribution in [3.63, 3.8) is 0 Å². The van der Waals surface area contributed by atoms with E-state index in [-0.39, 0.29) is 6.09 Å². The molecule has 1 aliphatic rings. The van der Waals surface area contributed by atoms with Crippen molar-refractivity contribution in [2.45, 2.75) is 26.4 Å². The smallest absolute Gasteiger partial charge is 0.410 e. The Morgan fingerprint density at radius 2 is 1.92 bits per heavy atom. The minimum Gasteiger partial charge on any atom is -0.444 e. The molecule has 0 atom stereocenters. The van der Waals surface area contributed by atoms with Crippen molar-refractivity contribution in [2.24, 2.45) is 5.11 Å². The van der Waals surface area contributed by atoms with E-state index in [4.69, 9.17) is 10.3 Å². The summed E-state index contributed by atoms with van der Waals surface area (Å²) in [5, 5.41) is 3.56. The topological polar surface area (TPSA) is 98.6 Å². The Kier molecular flexibility index (Phi) is 5.31. The van der Waals surface area contributed by atoms with Crippen molar-refractivity contribution in [1.29, 1.82) is 0 Å². The van der Waals surface area contributed by atoms with Gasteiger partial charge < -0.3 is 14.5 Å². The minimum atomic E-state index is -0.517. The standard InChI is InChI=1S/C16H21N5O3/c1-16(2,3)24-15(23)21-6-4-20(5-7-21)14-9-12(11-22)8-13(10-14)18-19-17/h8-11H,4-7H2,1-3H3. The molecule has 8 nitrogen and oxygen atoms in total. The van der Waals surface area contributed by atoms with E-state index in [2.05, 4.69) is 10.0 Å². The van der Waals surface area contributed by atoms with Gasteiger partial charge in [-0.05, 0) is 44.5 Å². The number of nitrogens with zero attached hydrogens (tertiary/aromatic N) is 5. The molecule has 8 heteroatoms. The molecule has 1 heterocycles. The molecule has 0 aliphatic carbocycles. The van der Waals surface area contributed by atoms with E-state index in [0.29, 0.717) is 37.4 Å². The monoisotopic (exact) mass is 331 g/mol. The second-order valence-electron chi connectivity index (χ2n) is 6.54. The van der Waals surface area contributed by atoms with E-state index in [9.17, 15) is 9.59 Å². The van der Waals surface area contributed by atoms with E-state index in [1.165, 1.54) is 6.07 Å². The van der Waals surface area contributed by atoms with Crippen LogP contribution in [0.1, 0.15) is 31.1 Å². The fraction of sp³-hybridized carbons (Fsp3) is 0.500. The maximum Gasteiger partial charge on any atom is 0.410 e. The van der Waals surface area contributed by atoms with Crippen LogP contribution in [0.2, 0.25) is 0 Å². The summed E-state index contributed by atoms with van der Waals surface area (Å²) in [5.74, 6) is 0. The number of piperazine rings is 1. The van der Waals surface area contributed by atoms with Crippen LogP contribution < -0.4 is 4.90 Å². The summed E-state index contributed by atoms with van der Waals surface area (Å²) in [7, 11) is 0. The molecule has 1 amide bonds. The number of anilines is 1.